The van der Waals surface area contributed by atoms with Crippen LogP contribution in [-0.2, 0) is 19.1 Å². The van der Waals surface area contributed by atoms with Crippen molar-refractivity contribution in [2.45, 2.75) is 81.6 Å². The molecule has 2 unspecified atom stereocenters. The molecule has 1 aliphatic carbocycles. The van der Waals surface area contributed by atoms with Crippen molar-refractivity contribution < 1.29 is 24.2 Å². The molecule has 8 nitrogen and oxygen atoms in total. The number of aliphatic hydroxyl groups excluding tert-OH is 1. The van der Waals surface area contributed by atoms with E-state index in [-0.39, 0.29) is 36.9 Å². The number of para-hydroxylation sites is 1. The van der Waals surface area contributed by atoms with Gasteiger partial charge >= 0.3 is 0 Å². The number of carbonyl (C=O) groups excluding carboxylic acids is 3. The van der Waals surface area contributed by atoms with Crippen LogP contribution in [0.3, 0.4) is 0 Å². The number of ether oxygens (including phenoxy) is 1. The van der Waals surface area contributed by atoms with Crippen LogP contribution in [0.4, 0.5) is 5.69 Å². The first-order valence-corrected chi connectivity index (χ1v) is 14.8. The fourth-order valence-corrected chi connectivity index (χ4v) is 7.90. The summed E-state index contributed by atoms with van der Waals surface area (Å²) in [6.45, 7) is 10.6. The number of rotatable bonds is 11. The monoisotopic (exact) mass is 549 g/mol. The molecule has 3 aliphatic heterocycles. The molecular formula is C32H43N3O5. The number of carbonyl (C=O) groups is 3. The SMILES string of the molecule is C=CCN(C(=O)[C@@H]1[C@H]2C(=O)N(CCCO)C(C(=O)N(CC=C)C3CCCCC3)C23CC[C@@]1(C)O3)c1ccccc1. The highest BCUT2D eigenvalue weighted by molar-refractivity contribution is 6.03. The third-order valence-corrected chi connectivity index (χ3v) is 9.60. The second-order valence-corrected chi connectivity index (χ2v) is 12.0. The van der Waals surface area contributed by atoms with E-state index in [2.05, 4.69) is 13.2 Å². The van der Waals surface area contributed by atoms with E-state index in [0.29, 0.717) is 32.4 Å². The molecule has 5 rings (SSSR count). The minimum absolute atomic E-state index is 0.0938. The molecule has 3 heterocycles. The van der Waals surface area contributed by atoms with E-state index in [1.165, 1.54) is 0 Å². The zero-order valence-electron chi connectivity index (χ0n) is 23.7. The molecule has 1 N–H and O–H groups in total. The molecule has 3 amide bonds. The van der Waals surface area contributed by atoms with Crippen LogP contribution in [0.2, 0.25) is 0 Å². The Morgan fingerprint density at radius 2 is 1.77 bits per heavy atom. The predicted molar refractivity (Wildman–Crippen MR) is 153 cm³/mol. The Morgan fingerprint density at radius 1 is 1.07 bits per heavy atom. The lowest BCUT2D eigenvalue weighted by atomic mass is 9.66. The number of amides is 3. The van der Waals surface area contributed by atoms with Crippen molar-refractivity contribution in [3.63, 3.8) is 0 Å². The van der Waals surface area contributed by atoms with Crippen molar-refractivity contribution in [2.75, 3.05) is 31.1 Å². The Kier molecular flexibility index (Phi) is 8.20. The van der Waals surface area contributed by atoms with Crippen molar-refractivity contribution in [3.05, 3.63) is 55.6 Å². The lowest BCUT2D eigenvalue weighted by molar-refractivity contribution is -0.153. The van der Waals surface area contributed by atoms with Crippen molar-refractivity contribution >= 4 is 23.4 Å². The van der Waals surface area contributed by atoms with Gasteiger partial charge in [0.05, 0.1) is 17.4 Å². The van der Waals surface area contributed by atoms with Gasteiger partial charge in [-0.05, 0) is 51.2 Å². The molecule has 1 saturated carbocycles. The lowest BCUT2D eigenvalue weighted by Crippen LogP contribution is -2.58. The summed E-state index contributed by atoms with van der Waals surface area (Å²) < 4.78 is 6.83. The second-order valence-electron chi connectivity index (χ2n) is 12.0. The zero-order valence-corrected chi connectivity index (χ0v) is 23.7. The van der Waals surface area contributed by atoms with Crippen LogP contribution in [-0.4, -0.2) is 82.2 Å². The topological polar surface area (TPSA) is 90.4 Å². The molecule has 0 aromatic heterocycles. The summed E-state index contributed by atoms with van der Waals surface area (Å²) in [5.41, 5.74) is -1.21. The first-order chi connectivity index (χ1) is 19.3. The average molecular weight is 550 g/mol. The smallest absolute Gasteiger partial charge is 0.248 e. The van der Waals surface area contributed by atoms with Gasteiger partial charge in [-0.25, -0.2) is 0 Å². The quantitative estimate of drug-likeness (QED) is 0.425. The summed E-state index contributed by atoms with van der Waals surface area (Å²) in [4.78, 5) is 48.4. The fourth-order valence-electron chi connectivity index (χ4n) is 7.90. The molecule has 1 spiro atoms. The van der Waals surface area contributed by atoms with Crippen molar-refractivity contribution in [2.24, 2.45) is 11.8 Å². The van der Waals surface area contributed by atoms with Crippen LogP contribution in [0.25, 0.3) is 0 Å². The van der Waals surface area contributed by atoms with Crippen LogP contribution in [0.15, 0.2) is 55.6 Å². The van der Waals surface area contributed by atoms with Gasteiger partial charge in [-0.1, -0.05) is 49.6 Å². The Balaban J connectivity index is 1.55. The molecule has 1 aromatic rings. The summed E-state index contributed by atoms with van der Waals surface area (Å²) in [6.07, 6.45) is 10.1. The number of anilines is 1. The maximum Gasteiger partial charge on any atom is 0.248 e. The fraction of sp³-hybridized carbons (Fsp3) is 0.594. The summed E-state index contributed by atoms with van der Waals surface area (Å²) in [5.74, 6) is -2.02. The van der Waals surface area contributed by atoms with E-state index >= 15 is 0 Å². The van der Waals surface area contributed by atoms with Gasteiger partial charge in [0.1, 0.15) is 11.6 Å². The molecule has 0 radical (unpaired) electrons. The molecule has 216 valence electrons. The van der Waals surface area contributed by atoms with Crippen molar-refractivity contribution in [1.82, 2.24) is 9.80 Å². The molecule has 4 fully saturated rings. The standard InChI is InChI=1S/C32H43N3O5/c1-4-19-33(23-13-8-6-9-14-23)28(37)25-26-29(38)35(21-12-22-36)27(32(26)18-17-31(25,3)40-32)30(39)34(20-5-2)24-15-10-7-11-16-24/h4-6,8-9,13-14,24-27,36H,1-2,7,10-12,15-22H2,3H3/t25-,26-,27?,31+,32?/m0/s1. The molecule has 8 heteroatoms. The van der Waals surface area contributed by atoms with Crippen LogP contribution in [0.1, 0.15) is 58.3 Å². The van der Waals surface area contributed by atoms with E-state index < -0.39 is 29.1 Å². The number of aliphatic hydroxyl groups is 1. The first kappa shape index (κ1) is 28.6. The minimum Gasteiger partial charge on any atom is -0.396 e. The Hall–Kier alpha value is -2.97. The largest absolute Gasteiger partial charge is 0.396 e. The molecule has 4 aliphatic rings. The summed E-state index contributed by atoms with van der Waals surface area (Å²) in [6, 6.07) is 8.67. The Labute approximate surface area is 237 Å². The third kappa shape index (κ3) is 4.59. The molecule has 40 heavy (non-hydrogen) atoms. The van der Waals surface area contributed by atoms with E-state index in [9.17, 15) is 19.5 Å². The highest BCUT2D eigenvalue weighted by Gasteiger charge is 2.78. The highest BCUT2D eigenvalue weighted by atomic mass is 16.5. The van der Waals surface area contributed by atoms with Gasteiger partial charge in [-0.3, -0.25) is 14.4 Å². The van der Waals surface area contributed by atoms with Crippen LogP contribution in [0, 0.1) is 11.8 Å². The van der Waals surface area contributed by atoms with E-state index in [0.717, 1.165) is 37.8 Å². The highest BCUT2D eigenvalue weighted by Crippen LogP contribution is 2.63. The van der Waals surface area contributed by atoms with Gasteiger partial charge in [0.25, 0.3) is 0 Å². The average Bonchev–Trinajstić information content (AvgIpc) is 3.54. The molecule has 5 atom stereocenters. The summed E-state index contributed by atoms with van der Waals surface area (Å²) in [7, 11) is 0. The van der Waals surface area contributed by atoms with Gasteiger partial charge in [-0.2, -0.15) is 0 Å². The van der Waals surface area contributed by atoms with Crippen LogP contribution < -0.4 is 4.90 Å². The van der Waals surface area contributed by atoms with Crippen LogP contribution >= 0.6 is 0 Å². The van der Waals surface area contributed by atoms with Gasteiger partial charge in [0.15, 0.2) is 0 Å². The summed E-state index contributed by atoms with van der Waals surface area (Å²) in [5, 5.41) is 9.66. The maximum atomic E-state index is 14.6. The third-order valence-electron chi connectivity index (χ3n) is 9.60. The van der Waals surface area contributed by atoms with Crippen molar-refractivity contribution in [1.29, 1.82) is 0 Å². The molecular weight excluding hydrogens is 506 g/mol. The lowest BCUT2D eigenvalue weighted by Gasteiger charge is -2.40. The van der Waals surface area contributed by atoms with Crippen LogP contribution in [0.5, 0.6) is 0 Å². The Bertz CT molecular complexity index is 1130. The second kappa shape index (κ2) is 11.5. The number of hydrogen-bond donors (Lipinski definition) is 1. The Morgan fingerprint density at radius 3 is 2.42 bits per heavy atom. The summed E-state index contributed by atoms with van der Waals surface area (Å²) >= 11 is 0. The molecule has 2 bridgehead atoms. The number of benzene rings is 1. The van der Waals surface area contributed by atoms with E-state index in [4.69, 9.17) is 4.74 Å². The van der Waals surface area contributed by atoms with Gasteiger partial charge in [0, 0.05) is 38.0 Å². The normalized spacial score (nSPS) is 31.2. The van der Waals surface area contributed by atoms with Gasteiger partial charge in [0.2, 0.25) is 17.7 Å². The predicted octanol–water partition coefficient (Wildman–Crippen LogP) is 3.70. The van der Waals surface area contributed by atoms with Gasteiger partial charge in [-0.15, -0.1) is 13.2 Å². The zero-order chi connectivity index (χ0) is 28.5. The number of hydrogen-bond acceptors (Lipinski definition) is 5. The van der Waals surface area contributed by atoms with E-state index in [1.807, 2.05) is 42.2 Å². The van der Waals surface area contributed by atoms with Crippen molar-refractivity contribution in [3.8, 4) is 0 Å². The number of fused-ring (bicyclic) bond motifs is 1. The number of nitrogens with zero attached hydrogens (tertiary/aromatic N) is 3. The first-order valence-electron chi connectivity index (χ1n) is 14.8. The molecule has 3 saturated heterocycles. The number of likely N-dealkylation sites (tertiary alicyclic amines) is 1. The minimum atomic E-state index is -1.08. The molecule has 1 aromatic carbocycles. The van der Waals surface area contributed by atoms with Gasteiger partial charge < -0.3 is 24.5 Å². The maximum absolute atomic E-state index is 14.6. The van der Waals surface area contributed by atoms with E-state index in [1.54, 1.807) is 22.0 Å².